The van der Waals surface area contributed by atoms with Crippen molar-refractivity contribution in [3.63, 3.8) is 0 Å². The summed E-state index contributed by atoms with van der Waals surface area (Å²) in [5, 5.41) is 2.10. The predicted molar refractivity (Wildman–Crippen MR) is 54.4 cm³/mol. The van der Waals surface area contributed by atoms with Crippen molar-refractivity contribution >= 4 is 17.7 Å². The van der Waals surface area contributed by atoms with Gasteiger partial charge in [-0.2, -0.15) is 0 Å². The van der Waals surface area contributed by atoms with Gasteiger partial charge >= 0.3 is 0 Å². The van der Waals surface area contributed by atoms with E-state index in [1.807, 2.05) is 4.90 Å². The van der Waals surface area contributed by atoms with Crippen molar-refractivity contribution in [3.05, 3.63) is 21.9 Å². The third-order valence-electron chi connectivity index (χ3n) is 1.99. The summed E-state index contributed by atoms with van der Waals surface area (Å²) in [6.07, 6.45) is 9.96. The van der Waals surface area contributed by atoms with E-state index in [4.69, 9.17) is 0 Å². The molecule has 1 aromatic heterocycles. The van der Waals surface area contributed by atoms with Crippen molar-refractivity contribution in [2.75, 3.05) is 6.54 Å². The number of amides is 1. The summed E-state index contributed by atoms with van der Waals surface area (Å²) in [6, 6.07) is 2.11. The SMILES string of the molecule is C#C.O=CN1CCc2sccc2C1. The summed E-state index contributed by atoms with van der Waals surface area (Å²) in [6.45, 7) is 1.69. The van der Waals surface area contributed by atoms with E-state index in [0.29, 0.717) is 0 Å². The molecule has 1 aromatic rings. The van der Waals surface area contributed by atoms with Crippen LogP contribution in [-0.2, 0) is 17.8 Å². The van der Waals surface area contributed by atoms with Crippen LogP contribution in [0.15, 0.2) is 11.4 Å². The van der Waals surface area contributed by atoms with Crippen LogP contribution < -0.4 is 0 Å². The molecule has 2 nitrogen and oxygen atoms in total. The highest BCUT2D eigenvalue weighted by Gasteiger charge is 2.14. The fourth-order valence-electron chi connectivity index (χ4n) is 1.36. The van der Waals surface area contributed by atoms with Crippen LogP contribution in [0.5, 0.6) is 0 Å². The maximum absolute atomic E-state index is 10.4. The van der Waals surface area contributed by atoms with Crippen LogP contribution >= 0.6 is 11.3 Å². The van der Waals surface area contributed by atoms with Gasteiger partial charge in [-0.25, -0.2) is 0 Å². The Bertz CT molecular complexity index is 303. The van der Waals surface area contributed by atoms with E-state index in [1.165, 1.54) is 10.4 Å². The lowest BCUT2D eigenvalue weighted by atomic mass is 10.1. The fourth-order valence-corrected chi connectivity index (χ4v) is 2.25. The molecule has 0 aliphatic carbocycles. The summed E-state index contributed by atoms with van der Waals surface area (Å²) in [5.74, 6) is 0. The van der Waals surface area contributed by atoms with E-state index in [-0.39, 0.29) is 0 Å². The molecule has 13 heavy (non-hydrogen) atoms. The highest BCUT2D eigenvalue weighted by atomic mass is 32.1. The van der Waals surface area contributed by atoms with Gasteiger partial charge in [0.1, 0.15) is 0 Å². The molecule has 0 atom stereocenters. The molecule has 3 heteroatoms. The molecule has 68 valence electrons. The smallest absolute Gasteiger partial charge is 0.210 e. The van der Waals surface area contributed by atoms with Crippen LogP contribution in [0.2, 0.25) is 0 Å². The number of thiophene rings is 1. The highest BCUT2D eigenvalue weighted by molar-refractivity contribution is 7.10. The summed E-state index contributed by atoms with van der Waals surface area (Å²) in [7, 11) is 0. The maximum Gasteiger partial charge on any atom is 0.210 e. The minimum Gasteiger partial charge on any atom is -0.341 e. The largest absolute Gasteiger partial charge is 0.341 e. The van der Waals surface area contributed by atoms with Crippen LogP contribution in [0.3, 0.4) is 0 Å². The van der Waals surface area contributed by atoms with Crippen molar-refractivity contribution in [1.82, 2.24) is 4.90 Å². The number of nitrogens with zero attached hydrogens (tertiary/aromatic N) is 1. The molecule has 0 saturated heterocycles. The molecule has 0 radical (unpaired) electrons. The third-order valence-corrected chi connectivity index (χ3v) is 3.01. The lowest BCUT2D eigenvalue weighted by molar-refractivity contribution is -0.118. The van der Waals surface area contributed by atoms with Crippen molar-refractivity contribution in [2.45, 2.75) is 13.0 Å². The molecule has 0 spiro atoms. The predicted octanol–water partition coefficient (Wildman–Crippen LogP) is 1.51. The Morgan fingerprint density at radius 1 is 1.54 bits per heavy atom. The van der Waals surface area contributed by atoms with Gasteiger partial charge in [-0.1, -0.05) is 0 Å². The second kappa shape index (κ2) is 4.68. The number of rotatable bonds is 1. The number of terminal acetylenes is 1. The Hall–Kier alpha value is -1.27. The Morgan fingerprint density at radius 3 is 3.00 bits per heavy atom. The minimum atomic E-state index is 0.808. The Morgan fingerprint density at radius 2 is 2.31 bits per heavy atom. The molecule has 2 heterocycles. The van der Waals surface area contributed by atoms with Gasteiger partial charge in [0.05, 0.1) is 0 Å². The van der Waals surface area contributed by atoms with Gasteiger partial charge < -0.3 is 4.90 Å². The first-order chi connectivity index (χ1) is 6.40. The molecule has 0 unspecified atom stereocenters. The number of carbonyl (C=O) groups is 1. The number of hydrogen-bond acceptors (Lipinski definition) is 2. The minimum absolute atomic E-state index is 0.808. The van der Waals surface area contributed by atoms with E-state index in [0.717, 1.165) is 25.9 Å². The van der Waals surface area contributed by atoms with Crippen molar-refractivity contribution in [3.8, 4) is 12.8 Å². The van der Waals surface area contributed by atoms with Gasteiger partial charge in [-0.15, -0.1) is 24.2 Å². The molecule has 1 amide bonds. The summed E-state index contributed by atoms with van der Waals surface area (Å²) in [5.41, 5.74) is 1.33. The average Bonchev–Trinajstić information content (AvgIpc) is 2.67. The molecule has 1 aliphatic rings. The molecule has 0 N–H and O–H groups in total. The monoisotopic (exact) mass is 193 g/mol. The first kappa shape index (κ1) is 9.82. The third kappa shape index (κ3) is 2.10. The van der Waals surface area contributed by atoms with E-state index in [2.05, 4.69) is 24.3 Å². The van der Waals surface area contributed by atoms with Crippen LogP contribution in [0.4, 0.5) is 0 Å². The molecule has 0 bridgehead atoms. The zero-order valence-corrected chi connectivity index (χ0v) is 8.09. The van der Waals surface area contributed by atoms with Crippen LogP contribution in [0, 0.1) is 12.8 Å². The van der Waals surface area contributed by atoms with Crippen molar-refractivity contribution in [2.24, 2.45) is 0 Å². The number of fused-ring (bicyclic) bond motifs is 1. The second-order valence-corrected chi connectivity index (χ2v) is 3.70. The zero-order valence-electron chi connectivity index (χ0n) is 7.27. The molecule has 1 aliphatic heterocycles. The quantitative estimate of drug-likeness (QED) is 0.489. The van der Waals surface area contributed by atoms with Gasteiger partial charge in [0.15, 0.2) is 0 Å². The van der Waals surface area contributed by atoms with E-state index >= 15 is 0 Å². The summed E-state index contributed by atoms with van der Waals surface area (Å²) >= 11 is 1.80. The van der Waals surface area contributed by atoms with E-state index in [1.54, 1.807) is 11.3 Å². The van der Waals surface area contributed by atoms with Crippen LogP contribution in [0.25, 0.3) is 0 Å². The molecule has 0 aromatic carbocycles. The van der Waals surface area contributed by atoms with Gasteiger partial charge in [0, 0.05) is 18.0 Å². The van der Waals surface area contributed by atoms with Gasteiger partial charge in [0.2, 0.25) is 6.41 Å². The van der Waals surface area contributed by atoms with E-state index in [9.17, 15) is 4.79 Å². The normalized spacial score (nSPS) is 13.8. The highest BCUT2D eigenvalue weighted by Crippen LogP contribution is 2.22. The Labute approximate surface area is 82.2 Å². The van der Waals surface area contributed by atoms with E-state index < -0.39 is 0 Å². The standard InChI is InChI=1S/C8H9NOS.C2H2/c10-6-9-3-1-8-7(5-9)2-4-11-8;1-2/h2,4,6H,1,3,5H2;1-2H. The summed E-state index contributed by atoms with van der Waals surface area (Å²) in [4.78, 5) is 13.7. The summed E-state index contributed by atoms with van der Waals surface area (Å²) < 4.78 is 0. The number of hydrogen-bond donors (Lipinski definition) is 0. The van der Waals surface area contributed by atoms with Gasteiger partial charge in [-0.3, -0.25) is 4.79 Å². The second-order valence-electron chi connectivity index (χ2n) is 2.69. The molecular formula is C10H11NOS. The lowest BCUT2D eigenvalue weighted by Crippen LogP contribution is -2.27. The first-order valence-corrected chi connectivity index (χ1v) is 4.86. The Kier molecular flexibility index (Phi) is 3.53. The molecule has 2 rings (SSSR count). The maximum atomic E-state index is 10.4. The van der Waals surface area contributed by atoms with Gasteiger partial charge in [0.25, 0.3) is 0 Å². The topological polar surface area (TPSA) is 20.3 Å². The first-order valence-electron chi connectivity index (χ1n) is 3.98. The van der Waals surface area contributed by atoms with Crippen molar-refractivity contribution in [1.29, 1.82) is 0 Å². The van der Waals surface area contributed by atoms with Crippen LogP contribution in [-0.4, -0.2) is 17.9 Å². The fraction of sp³-hybridized carbons (Fsp3) is 0.300. The number of carbonyl (C=O) groups excluding carboxylic acids is 1. The van der Waals surface area contributed by atoms with Crippen LogP contribution in [0.1, 0.15) is 10.4 Å². The van der Waals surface area contributed by atoms with Gasteiger partial charge in [-0.05, 0) is 23.4 Å². The molecular weight excluding hydrogens is 182 g/mol. The molecule has 0 saturated carbocycles. The zero-order chi connectivity index (χ0) is 9.68. The molecule has 0 fully saturated rings. The lowest BCUT2D eigenvalue weighted by Gasteiger charge is -2.22. The average molecular weight is 193 g/mol. The van der Waals surface area contributed by atoms with Crippen molar-refractivity contribution < 1.29 is 4.79 Å². The Balaban J connectivity index is 0.000000396.